The molecule has 3 aliphatic rings. The van der Waals surface area contributed by atoms with Crippen LogP contribution in [0.1, 0.15) is 59.2 Å². The highest BCUT2D eigenvalue weighted by molar-refractivity contribution is 7.15. The third-order valence-corrected chi connectivity index (χ3v) is 7.40. The highest BCUT2D eigenvalue weighted by atomic mass is 35.5. The van der Waals surface area contributed by atoms with Gasteiger partial charge in [0.25, 0.3) is 0 Å². The van der Waals surface area contributed by atoms with Gasteiger partial charge >= 0.3 is 0 Å². The molecule has 2 aliphatic heterocycles. The normalized spacial score (nSPS) is 20.2. The molecule has 1 atom stereocenters. The monoisotopic (exact) mass is 423 g/mol. The van der Waals surface area contributed by atoms with Crippen molar-refractivity contribution in [2.75, 3.05) is 0 Å². The van der Waals surface area contributed by atoms with Crippen molar-refractivity contribution in [3.63, 3.8) is 0 Å². The highest BCUT2D eigenvalue weighted by Gasteiger charge is 2.27. The zero-order valence-corrected chi connectivity index (χ0v) is 18.5. The smallest absolute Gasteiger partial charge is 0.146 e. The summed E-state index contributed by atoms with van der Waals surface area (Å²) in [5, 5.41) is 10.1. The Morgan fingerprint density at radius 2 is 1.97 bits per heavy atom. The summed E-state index contributed by atoms with van der Waals surface area (Å²) in [6.07, 6.45) is 4.73. The van der Waals surface area contributed by atoms with Crippen molar-refractivity contribution in [2.45, 2.75) is 53.1 Å². The Bertz CT molecular complexity index is 1170. The minimum atomic E-state index is -0.0206. The summed E-state index contributed by atoms with van der Waals surface area (Å²) in [5.74, 6) is 0.816. The SMILES string of the molecule is CC1=NN=C(c2sc3c(c2C)CCC(Cl)=C3)c2cc3c(cc2C1)N=C(C)C(C)O3. The lowest BCUT2D eigenvalue weighted by molar-refractivity contribution is 0.282. The molecule has 6 heteroatoms. The summed E-state index contributed by atoms with van der Waals surface area (Å²) in [6.45, 7) is 8.25. The Morgan fingerprint density at radius 3 is 2.79 bits per heavy atom. The van der Waals surface area contributed by atoms with Crippen LogP contribution in [0.4, 0.5) is 5.69 Å². The fourth-order valence-electron chi connectivity index (χ4n) is 4.07. The van der Waals surface area contributed by atoms with Gasteiger partial charge in [0, 0.05) is 27.6 Å². The molecule has 0 saturated heterocycles. The van der Waals surface area contributed by atoms with E-state index in [0.29, 0.717) is 0 Å². The van der Waals surface area contributed by atoms with E-state index in [2.05, 4.69) is 30.2 Å². The molecule has 1 unspecified atom stereocenters. The van der Waals surface area contributed by atoms with Gasteiger partial charge in [0.2, 0.25) is 0 Å². The molecule has 0 saturated carbocycles. The number of aliphatic imine (C=N–C) groups is 1. The van der Waals surface area contributed by atoms with Gasteiger partial charge in [-0.25, -0.2) is 0 Å². The predicted octanol–water partition coefficient (Wildman–Crippen LogP) is 6.23. The van der Waals surface area contributed by atoms with E-state index in [-0.39, 0.29) is 6.10 Å². The molecule has 29 heavy (non-hydrogen) atoms. The number of hydrogen-bond acceptors (Lipinski definition) is 5. The number of fused-ring (bicyclic) bond motifs is 3. The van der Waals surface area contributed by atoms with Crippen LogP contribution >= 0.6 is 22.9 Å². The first-order chi connectivity index (χ1) is 13.9. The molecule has 1 aromatic carbocycles. The second-order valence-corrected chi connectivity index (χ2v) is 9.48. The number of benzene rings is 1. The quantitative estimate of drug-likeness (QED) is 0.536. The van der Waals surface area contributed by atoms with Crippen molar-refractivity contribution >= 4 is 51.8 Å². The Kier molecular flexibility index (Phi) is 4.48. The maximum atomic E-state index is 6.31. The predicted molar refractivity (Wildman–Crippen MR) is 123 cm³/mol. The number of ether oxygens (including phenoxy) is 1. The van der Waals surface area contributed by atoms with Crippen molar-refractivity contribution < 1.29 is 4.74 Å². The molecule has 0 bridgehead atoms. The summed E-state index contributed by atoms with van der Waals surface area (Å²) in [5.41, 5.74) is 8.74. The second kappa shape index (κ2) is 6.92. The van der Waals surface area contributed by atoms with E-state index in [1.165, 1.54) is 26.4 Å². The van der Waals surface area contributed by atoms with Gasteiger partial charge in [-0.15, -0.1) is 16.4 Å². The molecule has 0 spiro atoms. The minimum Gasteiger partial charge on any atom is -0.482 e. The van der Waals surface area contributed by atoms with Crippen molar-refractivity contribution in [3.8, 4) is 5.75 Å². The standard InChI is InChI=1S/C23H22ClN3OS/c1-11-7-15-8-19-20(28-14(4)13(3)25-19)10-18(15)22(27-26-11)23-12(2)17-6-5-16(24)9-21(17)29-23/h8-10,14H,5-7H2,1-4H3. The molecule has 0 amide bonds. The zero-order chi connectivity index (χ0) is 20.3. The van der Waals surface area contributed by atoms with Crippen LogP contribution in [0.2, 0.25) is 0 Å². The topological polar surface area (TPSA) is 46.3 Å². The molecule has 0 radical (unpaired) electrons. The summed E-state index contributed by atoms with van der Waals surface area (Å²) in [4.78, 5) is 7.17. The van der Waals surface area contributed by atoms with Gasteiger partial charge in [-0.05, 0) is 75.4 Å². The molecule has 5 rings (SSSR count). The van der Waals surface area contributed by atoms with E-state index < -0.39 is 0 Å². The molecular weight excluding hydrogens is 402 g/mol. The van der Waals surface area contributed by atoms with Crippen molar-refractivity contribution in [1.29, 1.82) is 0 Å². The van der Waals surface area contributed by atoms with Gasteiger partial charge in [-0.3, -0.25) is 4.99 Å². The number of allylic oxidation sites excluding steroid dienone is 1. The number of hydrogen-bond donors (Lipinski definition) is 0. The average Bonchev–Trinajstić information content (AvgIpc) is 2.89. The lowest BCUT2D eigenvalue weighted by Crippen LogP contribution is -2.24. The molecule has 2 aromatic rings. The van der Waals surface area contributed by atoms with Gasteiger partial charge in [-0.2, -0.15) is 5.10 Å². The molecule has 4 nitrogen and oxygen atoms in total. The first-order valence-corrected chi connectivity index (χ1v) is 11.1. The maximum absolute atomic E-state index is 6.31. The van der Waals surface area contributed by atoms with Crippen LogP contribution in [0.15, 0.2) is 32.4 Å². The lowest BCUT2D eigenvalue weighted by atomic mass is 9.93. The van der Waals surface area contributed by atoms with E-state index in [4.69, 9.17) is 26.4 Å². The molecule has 1 aliphatic carbocycles. The van der Waals surface area contributed by atoms with Crippen LogP contribution in [0.3, 0.4) is 0 Å². The van der Waals surface area contributed by atoms with Gasteiger partial charge in [-0.1, -0.05) is 11.6 Å². The van der Waals surface area contributed by atoms with Crippen molar-refractivity contribution in [1.82, 2.24) is 0 Å². The molecule has 3 heterocycles. The van der Waals surface area contributed by atoms with Crippen LogP contribution in [0, 0.1) is 6.92 Å². The number of thiophene rings is 1. The van der Waals surface area contributed by atoms with E-state index in [9.17, 15) is 0 Å². The zero-order valence-electron chi connectivity index (χ0n) is 17.0. The first-order valence-electron chi connectivity index (χ1n) is 9.89. The van der Waals surface area contributed by atoms with Crippen LogP contribution in [0.25, 0.3) is 6.08 Å². The molecule has 1 aromatic heterocycles. The van der Waals surface area contributed by atoms with Crippen LogP contribution < -0.4 is 4.74 Å². The van der Waals surface area contributed by atoms with Crippen LogP contribution in [-0.2, 0) is 12.8 Å². The molecular formula is C23H22ClN3OS. The second-order valence-electron chi connectivity index (χ2n) is 7.94. The number of halogens is 1. The Morgan fingerprint density at radius 1 is 1.14 bits per heavy atom. The summed E-state index contributed by atoms with van der Waals surface area (Å²) < 4.78 is 6.14. The molecule has 0 fully saturated rings. The fourth-order valence-corrected chi connectivity index (χ4v) is 5.66. The van der Waals surface area contributed by atoms with Gasteiger partial charge < -0.3 is 4.74 Å². The number of rotatable bonds is 1. The third kappa shape index (κ3) is 3.17. The fraction of sp³-hybridized carbons (Fsp3) is 0.348. The summed E-state index contributed by atoms with van der Waals surface area (Å²) in [7, 11) is 0. The maximum Gasteiger partial charge on any atom is 0.146 e. The van der Waals surface area contributed by atoms with Crippen molar-refractivity contribution in [3.05, 3.63) is 49.2 Å². The third-order valence-electron chi connectivity index (χ3n) is 5.82. The summed E-state index contributed by atoms with van der Waals surface area (Å²) >= 11 is 8.06. The first kappa shape index (κ1) is 18.8. The van der Waals surface area contributed by atoms with Crippen molar-refractivity contribution in [2.24, 2.45) is 15.2 Å². The Labute approximate surface area is 179 Å². The van der Waals surface area contributed by atoms with Crippen LogP contribution in [0.5, 0.6) is 5.75 Å². The van der Waals surface area contributed by atoms with E-state index >= 15 is 0 Å². The average molecular weight is 424 g/mol. The van der Waals surface area contributed by atoms with E-state index in [1.807, 2.05) is 20.8 Å². The van der Waals surface area contributed by atoms with E-state index in [1.54, 1.807) is 11.3 Å². The Hall–Kier alpha value is -2.24. The van der Waals surface area contributed by atoms with Gasteiger partial charge in [0.15, 0.2) is 0 Å². The minimum absolute atomic E-state index is 0.0206. The van der Waals surface area contributed by atoms with Gasteiger partial charge in [0.1, 0.15) is 23.3 Å². The largest absolute Gasteiger partial charge is 0.482 e. The molecule has 0 N–H and O–H groups in total. The van der Waals surface area contributed by atoms with E-state index in [0.717, 1.165) is 58.4 Å². The summed E-state index contributed by atoms with van der Waals surface area (Å²) in [6, 6.07) is 4.24. The highest BCUT2D eigenvalue weighted by Crippen LogP contribution is 2.41. The number of nitrogens with zero attached hydrogens (tertiary/aromatic N) is 3. The Balaban J connectivity index is 1.70. The lowest BCUT2D eigenvalue weighted by Gasteiger charge is -2.23. The van der Waals surface area contributed by atoms with Crippen LogP contribution in [-0.4, -0.2) is 23.2 Å². The molecule has 148 valence electrons. The van der Waals surface area contributed by atoms with Gasteiger partial charge in [0.05, 0.1) is 10.6 Å².